The van der Waals surface area contributed by atoms with Gasteiger partial charge in [-0.15, -0.1) is 0 Å². The maximum Gasteiger partial charge on any atom is 0.306 e. The smallest absolute Gasteiger partial charge is 0.306 e. The van der Waals surface area contributed by atoms with Crippen LogP contribution in [0.5, 0.6) is 0 Å². The molecule has 9 nitrogen and oxygen atoms in total. The van der Waals surface area contributed by atoms with Gasteiger partial charge in [0.25, 0.3) is 7.82 Å². The maximum absolute atomic E-state index is 13.5. The van der Waals surface area contributed by atoms with E-state index in [4.69, 9.17) is 13.8 Å². The Morgan fingerprint density at radius 2 is 0.762 bits per heavy atom. The van der Waals surface area contributed by atoms with E-state index in [2.05, 4.69) is 99.0 Å². The highest BCUT2D eigenvalue weighted by molar-refractivity contribution is 7.45. The normalized spacial score (nSPS) is 14.1. The molecule has 0 saturated carbocycles. The van der Waals surface area contributed by atoms with Crippen LogP contribution in [0.1, 0.15) is 297 Å². The second-order valence-corrected chi connectivity index (χ2v) is 25.0. The maximum atomic E-state index is 13.5. The first-order valence-corrected chi connectivity index (χ1v) is 34.9. The molecule has 3 unspecified atom stereocenters. The fraction of sp³-hybridized carbons (Fsp3) is 0.771. The standard InChI is InChI=1S/C70H127N2O7P/c1-7-10-13-16-19-22-25-28-30-32-33-34-35-36-37-38-39-41-43-45-48-51-54-57-60-63-70(74)79-68(61-58-55-52-49-46-27-24-21-18-15-12-9-3)67(66-78-80(75,76)77-65-64-72(4,5)6)71-69(73)62-59-56-53-50-47-44-42-40-31-29-26-23-20-17-14-11-8-2/h19-20,22-23,28-31,33-34,42,44,58,61,67-68H,7-18,21,24-27,32,35-41,43,45-57,59-60,62-66H2,1-6H3,(H-,71,73,75,76)/b22-19-,23-20-,30-28-,31-29-,34-33-,44-42-,61-58-. The van der Waals surface area contributed by atoms with Crippen LogP contribution in [0.25, 0.3) is 0 Å². The largest absolute Gasteiger partial charge is 0.756 e. The molecule has 1 N–H and O–H groups in total. The number of hydrogen-bond donors (Lipinski definition) is 1. The molecule has 1 amide bonds. The second-order valence-electron chi connectivity index (χ2n) is 23.6. The number of amides is 1. The van der Waals surface area contributed by atoms with Crippen molar-refractivity contribution in [3.8, 4) is 0 Å². The molecule has 0 aliphatic carbocycles. The third kappa shape index (κ3) is 59.8. The van der Waals surface area contributed by atoms with E-state index in [1.165, 1.54) is 167 Å². The summed E-state index contributed by atoms with van der Waals surface area (Å²) in [6, 6.07) is -0.905. The topological polar surface area (TPSA) is 114 Å². The van der Waals surface area contributed by atoms with Gasteiger partial charge in [-0.05, 0) is 109 Å². The number of carbonyl (C=O) groups excluding carboxylic acids is 2. The number of nitrogens with zero attached hydrogens (tertiary/aromatic N) is 1. The molecule has 0 heterocycles. The molecule has 464 valence electrons. The van der Waals surface area contributed by atoms with Crippen LogP contribution in [-0.4, -0.2) is 69.4 Å². The van der Waals surface area contributed by atoms with E-state index in [-0.39, 0.29) is 31.3 Å². The zero-order valence-electron chi connectivity index (χ0n) is 53.0. The summed E-state index contributed by atoms with van der Waals surface area (Å²) in [5.74, 6) is -0.565. The van der Waals surface area contributed by atoms with Crippen molar-refractivity contribution >= 4 is 19.7 Å². The van der Waals surface area contributed by atoms with Crippen LogP contribution in [0.4, 0.5) is 0 Å². The van der Waals surface area contributed by atoms with Crippen LogP contribution in [0.3, 0.4) is 0 Å². The number of likely N-dealkylation sites (N-methyl/N-ethyl adjacent to an activating group) is 1. The first-order chi connectivity index (χ1) is 38.9. The second kappa shape index (κ2) is 59.4. The zero-order chi connectivity index (χ0) is 58.6. The van der Waals surface area contributed by atoms with Gasteiger partial charge in [0.15, 0.2) is 0 Å². The van der Waals surface area contributed by atoms with Gasteiger partial charge < -0.3 is 28.5 Å². The highest BCUT2D eigenvalue weighted by Crippen LogP contribution is 2.38. The number of nitrogens with one attached hydrogen (secondary N) is 1. The Morgan fingerprint density at radius 1 is 0.438 bits per heavy atom. The number of rotatable bonds is 60. The van der Waals surface area contributed by atoms with Crippen molar-refractivity contribution in [3.05, 3.63) is 85.1 Å². The summed E-state index contributed by atoms with van der Waals surface area (Å²) in [6.45, 7) is 6.78. The van der Waals surface area contributed by atoms with Gasteiger partial charge in [-0.1, -0.05) is 260 Å². The highest BCUT2D eigenvalue weighted by Gasteiger charge is 2.27. The lowest BCUT2D eigenvalue weighted by molar-refractivity contribution is -0.870. The Hall–Kier alpha value is -2.81. The Kier molecular flexibility index (Phi) is 57.3. The van der Waals surface area contributed by atoms with E-state index < -0.39 is 26.6 Å². The molecular weight excluding hydrogens is 1010 g/mol. The van der Waals surface area contributed by atoms with Crippen molar-refractivity contribution in [2.75, 3.05) is 40.9 Å². The van der Waals surface area contributed by atoms with Gasteiger partial charge in [0, 0.05) is 12.8 Å². The minimum atomic E-state index is -4.71. The van der Waals surface area contributed by atoms with Gasteiger partial charge in [-0.25, -0.2) is 0 Å². The lowest BCUT2D eigenvalue weighted by Gasteiger charge is -2.30. The molecular formula is C70H127N2O7P. The monoisotopic (exact) mass is 1140 g/mol. The summed E-state index contributed by atoms with van der Waals surface area (Å²) < 4.78 is 30.4. The number of phosphoric ester groups is 1. The molecule has 3 atom stereocenters. The summed E-state index contributed by atoms with van der Waals surface area (Å²) in [5, 5.41) is 3.02. The van der Waals surface area contributed by atoms with Crippen molar-refractivity contribution in [3.63, 3.8) is 0 Å². The summed E-state index contributed by atoms with van der Waals surface area (Å²) >= 11 is 0. The van der Waals surface area contributed by atoms with Crippen LogP contribution >= 0.6 is 7.82 Å². The van der Waals surface area contributed by atoms with E-state index in [9.17, 15) is 19.0 Å². The van der Waals surface area contributed by atoms with E-state index in [1.807, 2.05) is 33.3 Å². The summed E-state index contributed by atoms with van der Waals surface area (Å²) in [4.78, 5) is 40.1. The van der Waals surface area contributed by atoms with Crippen LogP contribution in [0, 0.1) is 0 Å². The van der Waals surface area contributed by atoms with Crippen molar-refractivity contribution in [1.29, 1.82) is 0 Å². The van der Waals surface area contributed by atoms with Crippen LogP contribution in [0.2, 0.25) is 0 Å². The molecule has 0 aliphatic rings. The van der Waals surface area contributed by atoms with Gasteiger partial charge in [-0.2, -0.15) is 0 Å². The van der Waals surface area contributed by atoms with Crippen molar-refractivity contribution in [2.24, 2.45) is 0 Å². The molecule has 0 rings (SSSR count). The molecule has 0 fully saturated rings. The van der Waals surface area contributed by atoms with Gasteiger partial charge >= 0.3 is 5.97 Å². The quantitative estimate of drug-likeness (QED) is 0.0212. The number of hydrogen-bond acceptors (Lipinski definition) is 7. The summed E-state index contributed by atoms with van der Waals surface area (Å²) in [7, 11) is 1.16. The number of phosphoric acid groups is 1. The Morgan fingerprint density at radius 3 is 1.16 bits per heavy atom. The third-order valence-electron chi connectivity index (χ3n) is 14.5. The molecule has 0 aromatic carbocycles. The third-order valence-corrected chi connectivity index (χ3v) is 15.5. The molecule has 0 saturated heterocycles. The molecule has 0 spiro atoms. The Labute approximate surface area is 495 Å². The van der Waals surface area contributed by atoms with Crippen LogP contribution in [-0.2, 0) is 27.9 Å². The zero-order valence-corrected chi connectivity index (χ0v) is 53.9. The average Bonchev–Trinajstić information content (AvgIpc) is 3.42. The minimum Gasteiger partial charge on any atom is -0.756 e. The van der Waals surface area contributed by atoms with Crippen molar-refractivity contribution < 1.29 is 37.3 Å². The number of ether oxygens (including phenoxy) is 1. The van der Waals surface area contributed by atoms with Crippen LogP contribution < -0.4 is 10.2 Å². The van der Waals surface area contributed by atoms with E-state index >= 15 is 0 Å². The molecule has 0 aliphatic heterocycles. The van der Waals surface area contributed by atoms with E-state index in [0.717, 1.165) is 89.9 Å². The summed E-state index contributed by atoms with van der Waals surface area (Å²) in [6.07, 6.45) is 78.4. The fourth-order valence-electron chi connectivity index (χ4n) is 9.36. The molecule has 80 heavy (non-hydrogen) atoms. The average molecular weight is 1140 g/mol. The first kappa shape index (κ1) is 77.2. The number of carbonyl (C=O) groups is 2. The lowest BCUT2D eigenvalue weighted by atomic mass is 10.0. The van der Waals surface area contributed by atoms with Gasteiger partial charge in [-0.3, -0.25) is 14.2 Å². The SMILES string of the molecule is CCCCC/C=C\C/C=C\C/C=C\CCCCCCCCCCCCCCC(=O)OC(/C=C\CCCCCCCCCCCC)C(COP(=O)([O-])OCC[N+](C)(C)C)NC(=O)CCCCCC/C=C\C/C=C\C/C=C\CCCCC. The number of quaternary nitrogens is 1. The number of esters is 1. The summed E-state index contributed by atoms with van der Waals surface area (Å²) in [5.41, 5.74) is 0. The predicted octanol–water partition coefficient (Wildman–Crippen LogP) is 20.3. The molecule has 0 bridgehead atoms. The van der Waals surface area contributed by atoms with Crippen molar-refractivity contribution in [1.82, 2.24) is 5.32 Å². The van der Waals surface area contributed by atoms with E-state index in [1.54, 1.807) is 0 Å². The van der Waals surface area contributed by atoms with Crippen LogP contribution in [0.15, 0.2) is 85.1 Å². The van der Waals surface area contributed by atoms with Gasteiger partial charge in [0.2, 0.25) is 5.91 Å². The Bertz CT molecular complexity index is 1640. The molecule has 0 aromatic heterocycles. The number of unbranched alkanes of at least 4 members (excludes halogenated alkanes) is 32. The highest BCUT2D eigenvalue weighted by atomic mass is 31.2. The minimum absolute atomic E-state index is 0.0298. The van der Waals surface area contributed by atoms with Crippen molar-refractivity contribution in [2.45, 2.75) is 309 Å². The molecule has 10 heteroatoms. The lowest BCUT2D eigenvalue weighted by Crippen LogP contribution is -2.47. The number of allylic oxidation sites excluding steroid dienone is 13. The van der Waals surface area contributed by atoms with Gasteiger partial charge in [0.05, 0.1) is 33.8 Å². The molecule has 0 aromatic rings. The predicted molar refractivity (Wildman–Crippen MR) is 344 cm³/mol. The Balaban J connectivity index is 5.15. The fourth-order valence-corrected chi connectivity index (χ4v) is 10.1. The first-order valence-electron chi connectivity index (χ1n) is 33.4. The van der Waals surface area contributed by atoms with E-state index in [0.29, 0.717) is 17.4 Å². The molecule has 0 radical (unpaired) electrons. The van der Waals surface area contributed by atoms with Gasteiger partial charge in [0.1, 0.15) is 19.3 Å².